The third-order valence-electron chi connectivity index (χ3n) is 4.03. The molecule has 1 aromatic carbocycles. The van der Waals surface area contributed by atoms with E-state index in [1.165, 1.54) is 12.8 Å². The topological polar surface area (TPSA) is 52.7 Å². The minimum absolute atomic E-state index is 0.0269. The summed E-state index contributed by atoms with van der Waals surface area (Å²) in [5.41, 5.74) is 1.79. The number of urea groups is 1. The standard InChI is InChI=1S/C17H25N3O2/c1-14(21)19(2)13-15-8-7-9-16(12-15)18-17(22)20-10-5-3-4-6-11-20/h7-9,12H,3-6,10-11,13H2,1-2H3,(H,18,22). The molecule has 120 valence electrons. The van der Waals surface area contributed by atoms with Crippen molar-refractivity contribution in [2.45, 2.75) is 39.2 Å². The Bertz CT molecular complexity index is 522. The molecule has 1 N–H and O–H groups in total. The SMILES string of the molecule is CC(=O)N(C)Cc1cccc(NC(=O)N2CCCCCC2)c1. The van der Waals surface area contributed by atoms with Gasteiger partial charge in [0.2, 0.25) is 5.91 Å². The van der Waals surface area contributed by atoms with Crippen LogP contribution in [0.1, 0.15) is 38.2 Å². The maximum Gasteiger partial charge on any atom is 0.321 e. The van der Waals surface area contributed by atoms with Gasteiger partial charge in [-0.3, -0.25) is 4.79 Å². The molecule has 0 spiro atoms. The predicted octanol–water partition coefficient (Wildman–Crippen LogP) is 3.07. The van der Waals surface area contributed by atoms with Gasteiger partial charge in [-0.1, -0.05) is 25.0 Å². The second-order valence-electron chi connectivity index (χ2n) is 5.91. The van der Waals surface area contributed by atoms with Gasteiger partial charge in [-0.15, -0.1) is 0 Å². The van der Waals surface area contributed by atoms with Gasteiger partial charge in [0, 0.05) is 39.3 Å². The first kappa shape index (κ1) is 16.3. The molecule has 1 aliphatic heterocycles. The Labute approximate surface area is 132 Å². The van der Waals surface area contributed by atoms with E-state index in [4.69, 9.17) is 0 Å². The van der Waals surface area contributed by atoms with Crippen LogP contribution in [0.2, 0.25) is 0 Å². The summed E-state index contributed by atoms with van der Waals surface area (Å²) in [5, 5.41) is 2.97. The summed E-state index contributed by atoms with van der Waals surface area (Å²) in [6, 6.07) is 7.64. The Hall–Kier alpha value is -2.04. The zero-order chi connectivity index (χ0) is 15.9. The van der Waals surface area contributed by atoms with E-state index in [1.807, 2.05) is 29.2 Å². The van der Waals surface area contributed by atoms with Gasteiger partial charge >= 0.3 is 6.03 Å². The molecule has 22 heavy (non-hydrogen) atoms. The number of carbonyl (C=O) groups is 2. The Kier molecular flexibility index (Phi) is 5.81. The Morgan fingerprint density at radius 2 is 1.86 bits per heavy atom. The van der Waals surface area contributed by atoms with Crippen molar-refractivity contribution in [1.29, 1.82) is 0 Å². The number of nitrogens with zero attached hydrogens (tertiary/aromatic N) is 2. The second-order valence-corrected chi connectivity index (χ2v) is 5.91. The highest BCUT2D eigenvalue weighted by atomic mass is 16.2. The number of hydrogen-bond donors (Lipinski definition) is 1. The first-order valence-electron chi connectivity index (χ1n) is 7.93. The lowest BCUT2D eigenvalue weighted by molar-refractivity contribution is -0.128. The molecule has 5 nitrogen and oxygen atoms in total. The number of hydrogen-bond acceptors (Lipinski definition) is 2. The Morgan fingerprint density at radius 3 is 2.50 bits per heavy atom. The van der Waals surface area contributed by atoms with Gasteiger partial charge in [-0.25, -0.2) is 4.79 Å². The van der Waals surface area contributed by atoms with E-state index in [2.05, 4.69) is 5.32 Å². The number of nitrogens with one attached hydrogen (secondary N) is 1. The van der Waals surface area contributed by atoms with Crippen LogP contribution in [-0.4, -0.2) is 41.9 Å². The molecule has 0 saturated carbocycles. The summed E-state index contributed by atoms with van der Waals surface area (Å²) in [6.07, 6.45) is 4.57. The normalized spacial score (nSPS) is 15.1. The minimum Gasteiger partial charge on any atom is -0.342 e. The van der Waals surface area contributed by atoms with Crippen LogP contribution in [0.3, 0.4) is 0 Å². The van der Waals surface area contributed by atoms with Crippen LogP contribution in [0, 0.1) is 0 Å². The van der Waals surface area contributed by atoms with Crippen molar-refractivity contribution < 1.29 is 9.59 Å². The molecule has 0 radical (unpaired) electrons. The maximum absolute atomic E-state index is 12.3. The van der Waals surface area contributed by atoms with Crippen LogP contribution in [0.15, 0.2) is 24.3 Å². The second kappa shape index (κ2) is 7.82. The molecule has 0 aromatic heterocycles. The van der Waals surface area contributed by atoms with E-state index >= 15 is 0 Å². The number of likely N-dealkylation sites (tertiary alicyclic amines) is 1. The van der Waals surface area contributed by atoms with Gasteiger partial charge in [0.05, 0.1) is 0 Å². The fourth-order valence-corrected chi connectivity index (χ4v) is 2.61. The lowest BCUT2D eigenvalue weighted by Gasteiger charge is -2.21. The zero-order valence-corrected chi connectivity index (χ0v) is 13.5. The average Bonchev–Trinajstić information content (AvgIpc) is 2.76. The molecule has 1 heterocycles. The number of carbonyl (C=O) groups excluding carboxylic acids is 2. The smallest absolute Gasteiger partial charge is 0.321 e. The van der Waals surface area contributed by atoms with E-state index in [1.54, 1.807) is 18.9 Å². The van der Waals surface area contributed by atoms with Gasteiger partial charge in [0.15, 0.2) is 0 Å². The summed E-state index contributed by atoms with van der Waals surface area (Å²) in [5.74, 6) is 0.0269. The first-order chi connectivity index (χ1) is 10.6. The molecular formula is C17H25N3O2. The fourth-order valence-electron chi connectivity index (χ4n) is 2.61. The molecule has 0 unspecified atom stereocenters. The van der Waals surface area contributed by atoms with E-state index in [0.29, 0.717) is 6.54 Å². The molecule has 1 saturated heterocycles. The summed E-state index contributed by atoms with van der Waals surface area (Å²) < 4.78 is 0. The average molecular weight is 303 g/mol. The molecule has 1 aromatic rings. The van der Waals surface area contributed by atoms with E-state index in [9.17, 15) is 9.59 Å². The van der Waals surface area contributed by atoms with Crippen molar-refractivity contribution in [2.75, 3.05) is 25.5 Å². The molecule has 1 aliphatic rings. The molecule has 0 bridgehead atoms. The number of benzene rings is 1. The lowest BCUT2D eigenvalue weighted by Crippen LogP contribution is -2.35. The highest BCUT2D eigenvalue weighted by Gasteiger charge is 2.15. The van der Waals surface area contributed by atoms with E-state index < -0.39 is 0 Å². The van der Waals surface area contributed by atoms with Crippen molar-refractivity contribution in [3.05, 3.63) is 29.8 Å². The summed E-state index contributed by atoms with van der Waals surface area (Å²) in [6.45, 7) is 3.75. The highest BCUT2D eigenvalue weighted by molar-refractivity contribution is 5.89. The highest BCUT2D eigenvalue weighted by Crippen LogP contribution is 2.15. The van der Waals surface area contributed by atoms with Crippen LogP contribution < -0.4 is 5.32 Å². The van der Waals surface area contributed by atoms with Crippen molar-refractivity contribution >= 4 is 17.6 Å². The summed E-state index contributed by atoms with van der Waals surface area (Å²) in [4.78, 5) is 27.2. The third kappa shape index (κ3) is 4.76. The lowest BCUT2D eigenvalue weighted by atomic mass is 10.2. The summed E-state index contributed by atoms with van der Waals surface area (Å²) in [7, 11) is 1.77. The van der Waals surface area contributed by atoms with Crippen molar-refractivity contribution in [1.82, 2.24) is 9.80 Å². The Morgan fingerprint density at radius 1 is 1.18 bits per heavy atom. The molecule has 2 rings (SSSR count). The van der Waals surface area contributed by atoms with Crippen LogP contribution >= 0.6 is 0 Å². The number of rotatable bonds is 3. The molecule has 0 atom stereocenters. The molecule has 5 heteroatoms. The molecule has 3 amide bonds. The van der Waals surface area contributed by atoms with Crippen LogP contribution in [-0.2, 0) is 11.3 Å². The number of anilines is 1. The van der Waals surface area contributed by atoms with Gasteiger partial charge in [0.1, 0.15) is 0 Å². The van der Waals surface area contributed by atoms with E-state index in [-0.39, 0.29) is 11.9 Å². The maximum atomic E-state index is 12.3. The third-order valence-corrected chi connectivity index (χ3v) is 4.03. The first-order valence-corrected chi connectivity index (χ1v) is 7.93. The van der Waals surface area contributed by atoms with Gasteiger partial charge in [-0.05, 0) is 30.5 Å². The van der Waals surface area contributed by atoms with Crippen LogP contribution in [0.25, 0.3) is 0 Å². The van der Waals surface area contributed by atoms with E-state index in [0.717, 1.165) is 37.2 Å². The monoisotopic (exact) mass is 303 g/mol. The van der Waals surface area contributed by atoms with Gasteiger partial charge in [0.25, 0.3) is 0 Å². The largest absolute Gasteiger partial charge is 0.342 e. The minimum atomic E-state index is -0.0287. The molecular weight excluding hydrogens is 278 g/mol. The van der Waals surface area contributed by atoms with Crippen LogP contribution in [0.4, 0.5) is 10.5 Å². The Balaban J connectivity index is 1.97. The molecule has 0 aliphatic carbocycles. The van der Waals surface area contributed by atoms with Gasteiger partial charge in [-0.2, -0.15) is 0 Å². The summed E-state index contributed by atoms with van der Waals surface area (Å²) >= 11 is 0. The van der Waals surface area contributed by atoms with Crippen molar-refractivity contribution in [2.24, 2.45) is 0 Å². The van der Waals surface area contributed by atoms with Crippen molar-refractivity contribution in [3.8, 4) is 0 Å². The van der Waals surface area contributed by atoms with Crippen molar-refractivity contribution in [3.63, 3.8) is 0 Å². The quantitative estimate of drug-likeness (QED) is 0.933. The molecule has 1 fully saturated rings. The zero-order valence-electron chi connectivity index (χ0n) is 13.5. The number of amides is 3. The predicted molar refractivity (Wildman–Crippen MR) is 87.6 cm³/mol. The fraction of sp³-hybridized carbons (Fsp3) is 0.529. The van der Waals surface area contributed by atoms with Gasteiger partial charge < -0.3 is 15.1 Å². The van der Waals surface area contributed by atoms with Crippen LogP contribution in [0.5, 0.6) is 0 Å².